The minimum absolute atomic E-state index is 0.0539. The first-order valence-corrected chi connectivity index (χ1v) is 6.58. The number of rotatable bonds is 8. The third-order valence-corrected chi connectivity index (χ3v) is 3.02. The molecule has 4 nitrogen and oxygen atoms in total. The summed E-state index contributed by atoms with van der Waals surface area (Å²) in [6.45, 7) is 7.12. The fraction of sp³-hybridized carbons (Fsp3) is 0.909. The number of halogens is 1. The molecule has 2 N–H and O–H groups in total. The minimum Gasteiger partial charge on any atom is -0.355 e. The quantitative estimate of drug-likeness (QED) is 0.611. The third-order valence-electron chi connectivity index (χ3n) is 2.83. The SMILES string of the molecule is CCCN(CCNC(=O)CCCl)C1CNC1. The van der Waals surface area contributed by atoms with Gasteiger partial charge in [-0.1, -0.05) is 6.92 Å². The molecule has 0 bridgehead atoms. The van der Waals surface area contributed by atoms with Gasteiger partial charge in [0.25, 0.3) is 0 Å². The van der Waals surface area contributed by atoms with Crippen LogP contribution in [0.5, 0.6) is 0 Å². The number of carbonyl (C=O) groups excluding carboxylic acids is 1. The van der Waals surface area contributed by atoms with Gasteiger partial charge in [-0.05, 0) is 13.0 Å². The lowest BCUT2D eigenvalue weighted by atomic mass is 10.1. The molecule has 94 valence electrons. The summed E-state index contributed by atoms with van der Waals surface area (Å²) >= 11 is 5.49. The van der Waals surface area contributed by atoms with E-state index in [0.29, 0.717) is 18.3 Å². The molecule has 0 aliphatic carbocycles. The van der Waals surface area contributed by atoms with Gasteiger partial charge in [-0.2, -0.15) is 0 Å². The molecule has 0 aromatic carbocycles. The van der Waals surface area contributed by atoms with E-state index in [0.717, 1.165) is 39.1 Å². The normalized spacial score (nSPS) is 16.2. The molecule has 1 saturated heterocycles. The molecule has 1 rings (SSSR count). The molecule has 1 heterocycles. The van der Waals surface area contributed by atoms with Gasteiger partial charge in [-0.15, -0.1) is 11.6 Å². The van der Waals surface area contributed by atoms with E-state index >= 15 is 0 Å². The van der Waals surface area contributed by atoms with Crippen LogP contribution in [0.15, 0.2) is 0 Å². The van der Waals surface area contributed by atoms with Crippen LogP contribution in [0.4, 0.5) is 0 Å². The van der Waals surface area contributed by atoms with Crippen molar-refractivity contribution in [1.29, 1.82) is 0 Å². The Labute approximate surface area is 103 Å². The van der Waals surface area contributed by atoms with Gasteiger partial charge >= 0.3 is 0 Å². The van der Waals surface area contributed by atoms with Crippen LogP contribution in [0.3, 0.4) is 0 Å². The van der Waals surface area contributed by atoms with Gasteiger partial charge in [0.1, 0.15) is 0 Å². The molecular weight excluding hydrogens is 226 g/mol. The van der Waals surface area contributed by atoms with Crippen molar-refractivity contribution in [1.82, 2.24) is 15.5 Å². The maximum Gasteiger partial charge on any atom is 0.221 e. The number of alkyl halides is 1. The highest BCUT2D eigenvalue weighted by molar-refractivity contribution is 6.18. The Kier molecular flexibility index (Phi) is 6.76. The lowest BCUT2D eigenvalue weighted by Gasteiger charge is -2.38. The number of nitrogens with zero attached hydrogens (tertiary/aromatic N) is 1. The molecule has 0 aromatic rings. The van der Waals surface area contributed by atoms with E-state index in [1.165, 1.54) is 0 Å². The number of nitrogens with one attached hydrogen (secondary N) is 2. The molecule has 1 fully saturated rings. The van der Waals surface area contributed by atoms with Crippen molar-refractivity contribution in [3.63, 3.8) is 0 Å². The van der Waals surface area contributed by atoms with Crippen molar-refractivity contribution >= 4 is 17.5 Å². The van der Waals surface area contributed by atoms with Gasteiger partial charge in [-0.25, -0.2) is 0 Å². The fourth-order valence-electron chi connectivity index (χ4n) is 1.81. The van der Waals surface area contributed by atoms with E-state index in [2.05, 4.69) is 22.5 Å². The molecule has 1 amide bonds. The topological polar surface area (TPSA) is 44.4 Å². The van der Waals surface area contributed by atoms with E-state index < -0.39 is 0 Å². The van der Waals surface area contributed by atoms with E-state index in [4.69, 9.17) is 11.6 Å². The second-order valence-corrected chi connectivity index (χ2v) is 4.51. The van der Waals surface area contributed by atoms with Crippen LogP contribution in [0, 0.1) is 0 Å². The van der Waals surface area contributed by atoms with Crippen LogP contribution in [-0.2, 0) is 4.79 Å². The Morgan fingerprint density at radius 3 is 2.75 bits per heavy atom. The zero-order chi connectivity index (χ0) is 11.8. The number of hydrogen-bond acceptors (Lipinski definition) is 3. The maximum atomic E-state index is 11.2. The van der Waals surface area contributed by atoms with Crippen molar-refractivity contribution in [2.75, 3.05) is 38.6 Å². The highest BCUT2D eigenvalue weighted by Gasteiger charge is 2.23. The predicted octanol–water partition coefficient (Wildman–Crippen LogP) is 0.415. The molecule has 0 aromatic heterocycles. The Balaban J connectivity index is 2.14. The Bertz CT molecular complexity index is 209. The summed E-state index contributed by atoms with van der Waals surface area (Å²) in [5.74, 6) is 0.454. The monoisotopic (exact) mass is 247 g/mol. The molecule has 0 unspecified atom stereocenters. The van der Waals surface area contributed by atoms with Crippen LogP contribution in [0.1, 0.15) is 19.8 Å². The summed E-state index contributed by atoms with van der Waals surface area (Å²) in [5, 5.41) is 6.16. The average molecular weight is 248 g/mol. The Hall–Kier alpha value is -0.320. The third kappa shape index (κ3) is 4.68. The smallest absolute Gasteiger partial charge is 0.221 e. The van der Waals surface area contributed by atoms with Gasteiger partial charge in [0.2, 0.25) is 5.91 Å². The van der Waals surface area contributed by atoms with Crippen LogP contribution in [0.2, 0.25) is 0 Å². The molecule has 1 aliphatic heterocycles. The number of amides is 1. The van der Waals surface area contributed by atoms with Crippen molar-refractivity contribution < 1.29 is 4.79 Å². The summed E-state index contributed by atoms with van der Waals surface area (Å²) < 4.78 is 0. The minimum atomic E-state index is 0.0539. The molecule has 0 saturated carbocycles. The highest BCUT2D eigenvalue weighted by atomic mass is 35.5. The lowest BCUT2D eigenvalue weighted by molar-refractivity contribution is -0.120. The number of hydrogen-bond donors (Lipinski definition) is 2. The van der Waals surface area contributed by atoms with Crippen molar-refractivity contribution in [2.24, 2.45) is 0 Å². The first-order valence-electron chi connectivity index (χ1n) is 6.05. The second kappa shape index (κ2) is 7.87. The van der Waals surface area contributed by atoms with Gasteiger partial charge in [-0.3, -0.25) is 9.69 Å². The van der Waals surface area contributed by atoms with Gasteiger partial charge < -0.3 is 10.6 Å². The summed E-state index contributed by atoms with van der Waals surface area (Å²) in [7, 11) is 0. The van der Waals surface area contributed by atoms with Crippen molar-refractivity contribution in [2.45, 2.75) is 25.8 Å². The van der Waals surface area contributed by atoms with E-state index in [1.54, 1.807) is 0 Å². The Morgan fingerprint density at radius 1 is 1.50 bits per heavy atom. The maximum absolute atomic E-state index is 11.2. The van der Waals surface area contributed by atoms with Crippen LogP contribution in [-0.4, -0.2) is 55.5 Å². The van der Waals surface area contributed by atoms with Gasteiger partial charge in [0.15, 0.2) is 0 Å². The van der Waals surface area contributed by atoms with Gasteiger partial charge in [0, 0.05) is 44.5 Å². The van der Waals surface area contributed by atoms with Crippen LogP contribution >= 0.6 is 11.6 Å². The van der Waals surface area contributed by atoms with Crippen molar-refractivity contribution in [3.8, 4) is 0 Å². The first-order chi connectivity index (χ1) is 7.77. The summed E-state index contributed by atoms with van der Waals surface area (Å²) in [6.07, 6.45) is 1.58. The van der Waals surface area contributed by atoms with Crippen LogP contribution in [0.25, 0.3) is 0 Å². The average Bonchev–Trinajstić information content (AvgIpc) is 2.15. The zero-order valence-electron chi connectivity index (χ0n) is 9.97. The molecule has 16 heavy (non-hydrogen) atoms. The van der Waals surface area contributed by atoms with E-state index in [-0.39, 0.29) is 5.91 Å². The first kappa shape index (κ1) is 13.7. The predicted molar refractivity (Wildman–Crippen MR) is 66.9 cm³/mol. The largest absolute Gasteiger partial charge is 0.355 e. The standard InChI is InChI=1S/C11H22ClN3O/c1-2-6-15(10-8-13-9-10)7-5-14-11(16)3-4-12/h10,13H,2-9H2,1H3,(H,14,16). The molecule has 0 atom stereocenters. The lowest BCUT2D eigenvalue weighted by Crippen LogP contribution is -2.58. The molecule has 0 radical (unpaired) electrons. The molecule has 5 heteroatoms. The summed E-state index contributed by atoms with van der Waals surface area (Å²) in [6, 6.07) is 0.657. The second-order valence-electron chi connectivity index (χ2n) is 4.14. The van der Waals surface area contributed by atoms with Gasteiger partial charge in [0.05, 0.1) is 0 Å². The van der Waals surface area contributed by atoms with Crippen molar-refractivity contribution in [3.05, 3.63) is 0 Å². The molecule has 0 spiro atoms. The molecule has 1 aliphatic rings. The summed E-state index contributed by atoms with van der Waals surface area (Å²) in [4.78, 5) is 13.7. The fourth-order valence-corrected chi connectivity index (χ4v) is 1.98. The summed E-state index contributed by atoms with van der Waals surface area (Å²) in [5.41, 5.74) is 0. The highest BCUT2D eigenvalue weighted by Crippen LogP contribution is 2.04. The van der Waals surface area contributed by atoms with Crippen LogP contribution < -0.4 is 10.6 Å². The number of carbonyl (C=O) groups is 1. The zero-order valence-corrected chi connectivity index (χ0v) is 10.7. The van der Waals surface area contributed by atoms with E-state index in [1.807, 2.05) is 0 Å². The van der Waals surface area contributed by atoms with E-state index in [9.17, 15) is 4.79 Å². The Morgan fingerprint density at radius 2 is 2.25 bits per heavy atom. The molecular formula is C11H22ClN3O.